The predicted octanol–water partition coefficient (Wildman–Crippen LogP) is 4.49. The van der Waals surface area contributed by atoms with Gasteiger partial charge in [0.2, 0.25) is 0 Å². The van der Waals surface area contributed by atoms with Crippen molar-refractivity contribution in [2.24, 2.45) is 0 Å². The fourth-order valence-corrected chi connectivity index (χ4v) is 4.70. The van der Waals surface area contributed by atoms with Gasteiger partial charge in [-0.25, -0.2) is 4.85 Å². The molecule has 3 heterocycles. The summed E-state index contributed by atoms with van der Waals surface area (Å²) in [7, 11) is 0. The largest absolute Gasteiger partial charge is 0.337 e. The van der Waals surface area contributed by atoms with Gasteiger partial charge in [0.1, 0.15) is 0 Å². The number of benzene rings is 2. The fraction of sp³-hybridized carbons (Fsp3) is 0.333. The minimum atomic E-state index is 0.136. The maximum absolute atomic E-state index is 13.0. The van der Waals surface area contributed by atoms with Gasteiger partial charge in [-0.05, 0) is 80.2 Å². The van der Waals surface area contributed by atoms with Crippen molar-refractivity contribution >= 4 is 22.5 Å². The van der Waals surface area contributed by atoms with Crippen molar-refractivity contribution in [2.75, 3.05) is 26.2 Å². The SMILES string of the molecule is [C-]#[N+]c1ccc2c(ccn2-c2ccc(C(=O)N3CC[C@H](N4CCCC4)C3)cc2)c1. The molecule has 2 fully saturated rings. The Morgan fingerprint density at radius 3 is 2.55 bits per heavy atom. The molecule has 2 aliphatic heterocycles. The first-order valence-corrected chi connectivity index (χ1v) is 10.4. The standard InChI is InChI=1S/C24H24N4O/c1-25-20-6-9-23-19(16-20)10-15-28(23)21-7-4-18(5-8-21)24(29)27-14-11-22(17-27)26-12-2-3-13-26/h4-10,15-16,22H,2-3,11-14,17H2/t22-/m0/s1. The summed E-state index contributed by atoms with van der Waals surface area (Å²) >= 11 is 0. The number of carbonyl (C=O) groups excluding carboxylic acids is 1. The summed E-state index contributed by atoms with van der Waals surface area (Å²) in [6.45, 7) is 11.2. The highest BCUT2D eigenvalue weighted by molar-refractivity contribution is 5.94. The molecule has 0 unspecified atom stereocenters. The lowest BCUT2D eigenvalue weighted by molar-refractivity contribution is 0.0780. The zero-order valence-electron chi connectivity index (χ0n) is 16.4. The molecule has 2 aliphatic rings. The van der Waals surface area contributed by atoms with Gasteiger partial charge in [0.05, 0.1) is 12.1 Å². The topological polar surface area (TPSA) is 32.8 Å². The summed E-state index contributed by atoms with van der Waals surface area (Å²) in [6, 6.07) is 16.1. The zero-order valence-corrected chi connectivity index (χ0v) is 16.4. The van der Waals surface area contributed by atoms with Gasteiger partial charge in [0, 0.05) is 36.6 Å². The number of aromatic nitrogens is 1. The van der Waals surface area contributed by atoms with E-state index in [2.05, 4.69) is 14.3 Å². The van der Waals surface area contributed by atoms with E-state index >= 15 is 0 Å². The molecular formula is C24H24N4O. The molecule has 0 spiro atoms. The molecule has 1 atom stereocenters. The quantitative estimate of drug-likeness (QED) is 0.623. The Labute approximate surface area is 171 Å². The average Bonchev–Trinajstić information content (AvgIpc) is 3.53. The molecule has 2 saturated heterocycles. The van der Waals surface area contributed by atoms with Gasteiger partial charge >= 0.3 is 0 Å². The lowest BCUT2D eigenvalue weighted by Crippen LogP contribution is -2.37. The molecule has 0 aliphatic carbocycles. The van der Waals surface area contributed by atoms with E-state index in [1.807, 2.05) is 59.6 Å². The minimum absolute atomic E-state index is 0.136. The van der Waals surface area contributed by atoms with Crippen LogP contribution in [-0.4, -0.2) is 52.5 Å². The van der Waals surface area contributed by atoms with E-state index in [4.69, 9.17) is 6.57 Å². The van der Waals surface area contributed by atoms with Gasteiger partial charge in [-0.3, -0.25) is 9.69 Å². The smallest absolute Gasteiger partial charge is 0.253 e. The van der Waals surface area contributed by atoms with Crippen molar-refractivity contribution in [3.63, 3.8) is 0 Å². The van der Waals surface area contributed by atoms with Crippen LogP contribution in [0.5, 0.6) is 0 Å². The summed E-state index contributed by atoms with van der Waals surface area (Å²) in [5, 5.41) is 1.05. The van der Waals surface area contributed by atoms with E-state index in [-0.39, 0.29) is 5.91 Å². The summed E-state index contributed by atoms with van der Waals surface area (Å²) in [5.74, 6) is 0.136. The monoisotopic (exact) mass is 384 g/mol. The third kappa shape index (κ3) is 3.30. The van der Waals surface area contributed by atoms with Crippen LogP contribution in [0.3, 0.4) is 0 Å². The Morgan fingerprint density at radius 1 is 1.00 bits per heavy atom. The van der Waals surface area contributed by atoms with Crippen molar-refractivity contribution in [1.29, 1.82) is 0 Å². The summed E-state index contributed by atoms with van der Waals surface area (Å²) in [4.78, 5) is 21.0. The second-order valence-electron chi connectivity index (χ2n) is 8.02. The number of rotatable bonds is 3. The lowest BCUT2D eigenvalue weighted by Gasteiger charge is -2.23. The molecule has 5 heteroatoms. The van der Waals surface area contributed by atoms with Crippen molar-refractivity contribution in [3.8, 4) is 5.69 Å². The van der Waals surface area contributed by atoms with Crippen LogP contribution in [-0.2, 0) is 0 Å². The predicted molar refractivity (Wildman–Crippen MR) is 115 cm³/mol. The van der Waals surface area contributed by atoms with Crippen LogP contribution < -0.4 is 0 Å². The molecule has 0 N–H and O–H groups in total. The van der Waals surface area contributed by atoms with Crippen molar-refractivity contribution in [2.45, 2.75) is 25.3 Å². The first-order chi connectivity index (χ1) is 14.2. The Kier molecular flexibility index (Phi) is 4.57. The zero-order chi connectivity index (χ0) is 19.8. The second kappa shape index (κ2) is 7.38. The first-order valence-electron chi connectivity index (χ1n) is 10.4. The molecule has 29 heavy (non-hydrogen) atoms. The highest BCUT2D eigenvalue weighted by Gasteiger charge is 2.31. The molecular weight excluding hydrogens is 360 g/mol. The van der Waals surface area contributed by atoms with Crippen LogP contribution in [0, 0.1) is 6.57 Å². The Hall–Kier alpha value is -3.10. The van der Waals surface area contributed by atoms with Gasteiger partial charge in [-0.15, -0.1) is 0 Å². The molecule has 0 bridgehead atoms. The maximum Gasteiger partial charge on any atom is 0.253 e. The molecule has 3 aromatic rings. The number of nitrogens with zero attached hydrogens (tertiary/aromatic N) is 4. The van der Waals surface area contributed by atoms with Crippen LogP contribution in [0.1, 0.15) is 29.6 Å². The molecule has 0 saturated carbocycles. The molecule has 5 nitrogen and oxygen atoms in total. The maximum atomic E-state index is 13.0. The van der Waals surface area contributed by atoms with Crippen LogP contribution in [0.2, 0.25) is 0 Å². The Bertz CT molecular complexity index is 1090. The molecule has 1 amide bonds. The number of hydrogen-bond donors (Lipinski definition) is 0. The van der Waals surface area contributed by atoms with Crippen LogP contribution in [0.4, 0.5) is 5.69 Å². The molecule has 2 aromatic carbocycles. The number of carbonyl (C=O) groups is 1. The van der Waals surface area contributed by atoms with E-state index in [0.717, 1.165) is 41.7 Å². The van der Waals surface area contributed by atoms with E-state index in [9.17, 15) is 4.79 Å². The van der Waals surface area contributed by atoms with Gasteiger partial charge in [0.25, 0.3) is 5.91 Å². The lowest BCUT2D eigenvalue weighted by atomic mass is 10.1. The normalized spacial score (nSPS) is 19.7. The fourth-order valence-electron chi connectivity index (χ4n) is 4.70. The molecule has 146 valence electrons. The van der Waals surface area contributed by atoms with E-state index in [1.165, 1.54) is 25.9 Å². The average molecular weight is 384 g/mol. The third-order valence-electron chi connectivity index (χ3n) is 6.30. The van der Waals surface area contributed by atoms with Gasteiger partial charge < -0.3 is 9.47 Å². The third-order valence-corrected chi connectivity index (χ3v) is 6.30. The number of hydrogen-bond acceptors (Lipinski definition) is 2. The first kappa shape index (κ1) is 18.0. The number of amides is 1. The minimum Gasteiger partial charge on any atom is -0.337 e. The number of fused-ring (bicyclic) bond motifs is 1. The number of likely N-dealkylation sites (tertiary alicyclic amines) is 2. The van der Waals surface area contributed by atoms with Crippen molar-refractivity contribution in [3.05, 3.63) is 71.7 Å². The van der Waals surface area contributed by atoms with E-state index in [1.54, 1.807) is 0 Å². The van der Waals surface area contributed by atoms with Gasteiger partial charge in [-0.1, -0.05) is 6.07 Å². The van der Waals surface area contributed by atoms with Crippen LogP contribution in [0.25, 0.3) is 21.4 Å². The molecule has 0 radical (unpaired) electrons. The van der Waals surface area contributed by atoms with Crippen LogP contribution >= 0.6 is 0 Å². The highest BCUT2D eigenvalue weighted by atomic mass is 16.2. The van der Waals surface area contributed by atoms with Crippen LogP contribution in [0.15, 0.2) is 54.7 Å². The molecule has 5 rings (SSSR count). The molecule has 1 aromatic heterocycles. The Balaban J connectivity index is 1.33. The van der Waals surface area contributed by atoms with Gasteiger partial charge in [0.15, 0.2) is 5.69 Å². The van der Waals surface area contributed by atoms with E-state index < -0.39 is 0 Å². The van der Waals surface area contributed by atoms with Crippen molar-refractivity contribution in [1.82, 2.24) is 14.4 Å². The van der Waals surface area contributed by atoms with Crippen molar-refractivity contribution < 1.29 is 4.79 Å². The summed E-state index contributed by atoms with van der Waals surface area (Å²) < 4.78 is 2.09. The second-order valence-corrected chi connectivity index (χ2v) is 8.02. The van der Waals surface area contributed by atoms with Gasteiger partial charge in [-0.2, -0.15) is 0 Å². The summed E-state index contributed by atoms with van der Waals surface area (Å²) in [5.41, 5.74) is 3.48. The summed E-state index contributed by atoms with van der Waals surface area (Å²) in [6.07, 6.45) is 5.68. The highest BCUT2D eigenvalue weighted by Crippen LogP contribution is 2.26. The van der Waals surface area contributed by atoms with E-state index in [0.29, 0.717) is 11.7 Å². The Morgan fingerprint density at radius 2 is 1.79 bits per heavy atom.